The predicted octanol–water partition coefficient (Wildman–Crippen LogP) is 2.28. The van der Waals surface area contributed by atoms with Gasteiger partial charge in [-0.1, -0.05) is 19.9 Å². The Kier molecular flexibility index (Phi) is 5.26. The molecule has 0 unspecified atom stereocenters. The average Bonchev–Trinajstić information content (AvgIpc) is 2.26. The maximum absolute atomic E-state index is 4.65. The molecule has 1 aromatic rings. The molecule has 0 aliphatic rings. The second-order valence-electron chi connectivity index (χ2n) is 4.45. The third-order valence-corrected chi connectivity index (χ3v) is 2.44. The fourth-order valence-corrected chi connectivity index (χ4v) is 1.75. The second kappa shape index (κ2) is 6.48. The maximum atomic E-state index is 4.65. The van der Waals surface area contributed by atoms with Crippen LogP contribution < -0.4 is 10.2 Å². The Morgan fingerprint density at radius 3 is 2.69 bits per heavy atom. The van der Waals surface area contributed by atoms with E-state index >= 15 is 0 Å². The van der Waals surface area contributed by atoms with Crippen molar-refractivity contribution < 1.29 is 0 Å². The van der Waals surface area contributed by atoms with Crippen LogP contribution in [0.25, 0.3) is 0 Å². The van der Waals surface area contributed by atoms with Crippen LogP contribution in [0.2, 0.25) is 0 Å². The molecule has 16 heavy (non-hydrogen) atoms. The Morgan fingerprint density at radius 1 is 1.38 bits per heavy atom. The van der Waals surface area contributed by atoms with E-state index in [1.54, 1.807) is 0 Å². The molecule has 0 aliphatic heterocycles. The Bertz CT molecular complexity index is 310. The lowest BCUT2D eigenvalue weighted by atomic mass is 10.2. The summed E-state index contributed by atoms with van der Waals surface area (Å²) in [7, 11) is 1.94. The highest BCUT2D eigenvalue weighted by Gasteiger charge is 2.07. The van der Waals surface area contributed by atoms with E-state index in [9.17, 15) is 0 Å². The highest BCUT2D eigenvalue weighted by Crippen LogP contribution is 2.13. The molecule has 0 saturated heterocycles. The maximum Gasteiger partial charge on any atom is 0.128 e. The molecule has 0 amide bonds. The Morgan fingerprint density at radius 2 is 2.12 bits per heavy atom. The number of rotatable bonds is 6. The van der Waals surface area contributed by atoms with E-state index in [1.165, 1.54) is 0 Å². The molecular formula is C13H23N3. The first-order chi connectivity index (χ1) is 7.67. The molecule has 3 nitrogen and oxygen atoms in total. The van der Waals surface area contributed by atoms with Gasteiger partial charge in [0.05, 0.1) is 5.69 Å². The van der Waals surface area contributed by atoms with Gasteiger partial charge in [-0.05, 0) is 32.0 Å². The number of aromatic nitrogens is 1. The molecule has 1 heterocycles. The van der Waals surface area contributed by atoms with Gasteiger partial charge in [0, 0.05) is 19.6 Å². The van der Waals surface area contributed by atoms with Crippen LogP contribution in [0.4, 0.5) is 5.82 Å². The van der Waals surface area contributed by atoms with E-state index in [-0.39, 0.29) is 0 Å². The first-order valence-electron chi connectivity index (χ1n) is 6.02. The molecule has 1 aromatic heterocycles. The first-order valence-corrected chi connectivity index (χ1v) is 6.02. The van der Waals surface area contributed by atoms with Gasteiger partial charge in [-0.3, -0.25) is 0 Å². The SMILES string of the molecule is CCN(CC(C)C)c1cccc(CNC)n1. The van der Waals surface area contributed by atoms with Crippen molar-refractivity contribution in [3.63, 3.8) is 0 Å². The first kappa shape index (κ1) is 13.0. The summed E-state index contributed by atoms with van der Waals surface area (Å²) in [4.78, 5) is 6.97. The van der Waals surface area contributed by atoms with Gasteiger partial charge in [0.1, 0.15) is 5.82 Å². The van der Waals surface area contributed by atoms with Crippen molar-refractivity contribution in [3.05, 3.63) is 23.9 Å². The zero-order valence-corrected chi connectivity index (χ0v) is 10.8. The highest BCUT2D eigenvalue weighted by molar-refractivity contribution is 5.39. The van der Waals surface area contributed by atoms with Crippen LogP contribution in [0, 0.1) is 5.92 Å². The van der Waals surface area contributed by atoms with E-state index in [1.807, 2.05) is 7.05 Å². The minimum atomic E-state index is 0.662. The topological polar surface area (TPSA) is 28.2 Å². The minimum absolute atomic E-state index is 0.662. The van der Waals surface area contributed by atoms with E-state index in [4.69, 9.17) is 0 Å². The van der Waals surface area contributed by atoms with Gasteiger partial charge in [-0.15, -0.1) is 0 Å². The highest BCUT2D eigenvalue weighted by atomic mass is 15.2. The van der Waals surface area contributed by atoms with Crippen LogP contribution in [-0.2, 0) is 6.54 Å². The summed E-state index contributed by atoms with van der Waals surface area (Å²) >= 11 is 0. The van der Waals surface area contributed by atoms with Gasteiger partial charge in [0.25, 0.3) is 0 Å². The zero-order chi connectivity index (χ0) is 12.0. The van der Waals surface area contributed by atoms with Crippen LogP contribution in [0.3, 0.4) is 0 Å². The number of nitrogens with one attached hydrogen (secondary N) is 1. The molecule has 0 spiro atoms. The molecule has 0 radical (unpaired) electrons. The predicted molar refractivity (Wildman–Crippen MR) is 69.7 cm³/mol. The van der Waals surface area contributed by atoms with Gasteiger partial charge in [0.2, 0.25) is 0 Å². The van der Waals surface area contributed by atoms with Crippen molar-refractivity contribution in [2.24, 2.45) is 5.92 Å². The van der Waals surface area contributed by atoms with Crippen LogP contribution >= 0.6 is 0 Å². The third-order valence-electron chi connectivity index (χ3n) is 2.44. The Hall–Kier alpha value is -1.09. The van der Waals surface area contributed by atoms with E-state index < -0.39 is 0 Å². The van der Waals surface area contributed by atoms with Crippen LogP contribution in [0.5, 0.6) is 0 Å². The van der Waals surface area contributed by atoms with Gasteiger partial charge in [0.15, 0.2) is 0 Å². The number of anilines is 1. The number of hydrogen-bond donors (Lipinski definition) is 1. The Balaban J connectivity index is 2.79. The summed E-state index contributed by atoms with van der Waals surface area (Å²) in [5.41, 5.74) is 1.10. The molecule has 0 saturated carbocycles. The molecule has 1 rings (SSSR count). The minimum Gasteiger partial charge on any atom is -0.357 e. The Labute approximate surface area is 98.9 Å². The normalized spacial score (nSPS) is 10.8. The van der Waals surface area contributed by atoms with Crippen LogP contribution in [-0.4, -0.2) is 25.1 Å². The van der Waals surface area contributed by atoms with Gasteiger partial charge in [-0.2, -0.15) is 0 Å². The largest absolute Gasteiger partial charge is 0.357 e. The summed E-state index contributed by atoms with van der Waals surface area (Å²) in [6, 6.07) is 6.23. The monoisotopic (exact) mass is 221 g/mol. The summed E-state index contributed by atoms with van der Waals surface area (Å²) in [5.74, 6) is 1.75. The molecule has 0 fully saturated rings. The van der Waals surface area contributed by atoms with Crippen molar-refractivity contribution in [2.45, 2.75) is 27.3 Å². The molecule has 0 atom stereocenters. The fraction of sp³-hybridized carbons (Fsp3) is 0.615. The molecule has 3 heteroatoms. The summed E-state index contributed by atoms with van der Waals surface area (Å²) in [6.45, 7) is 9.54. The van der Waals surface area contributed by atoms with Crippen molar-refractivity contribution >= 4 is 5.82 Å². The van der Waals surface area contributed by atoms with Crippen LogP contribution in [0.15, 0.2) is 18.2 Å². The fourth-order valence-electron chi connectivity index (χ4n) is 1.75. The zero-order valence-electron chi connectivity index (χ0n) is 10.8. The van der Waals surface area contributed by atoms with E-state index in [2.05, 4.69) is 54.2 Å². The molecule has 0 aromatic carbocycles. The number of nitrogens with zero attached hydrogens (tertiary/aromatic N) is 2. The number of pyridine rings is 1. The van der Waals surface area contributed by atoms with E-state index in [0.29, 0.717) is 5.92 Å². The van der Waals surface area contributed by atoms with Crippen molar-refractivity contribution in [3.8, 4) is 0 Å². The lowest BCUT2D eigenvalue weighted by Gasteiger charge is -2.24. The second-order valence-corrected chi connectivity index (χ2v) is 4.45. The standard InChI is InChI=1S/C13H23N3/c1-5-16(10-11(2)3)13-8-6-7-12(15-13)9-14-4/h6-8,11,14H,5,9-10H2,1-4H3. The van der Waals surface area contributed by atoms with E-state index in [0.717, 1.165) is 31.1 Å². The average molecular weight is 221 g/mol. The lowest BCUT2D eigenvalue weighted by Crippen LogP contribution is -2.28. The molecule has 90 valence electrons. The van der Waals surface area contributed by atoms with Crippen molar-refractivity contribution in [1.29, 1.82) is 0 Å². The smallest absolute Gasteiger partial charge is 0.128 e. The summed E-state index contributed by atoms with van der Waals surface area (Å²) in [6.07, 6.45) is 0. The molecule has 0 aliphatic carbocycles. The summed E-state index contributed by atoms with van der Waals surface area (Å²) < 4.78 is 0. The van der Waals surface area contributed by atoms with Crippen molar-refractivity contribution in [2.75, 3.05) is 25.0 Å². The summed E-state index contributed by atoms with van der Waals surface area (Å²) in [5, 5.41) is 3.13. The van der Waals surface area contributed by atoms with Crippen molar-refractivity contribution in [1.82, 2.24) is 10.3 Å². The molecule has 1 N–H and O–H groups in total. The lowest BCUT2D eigenvalue weighted by molar-refractivity contribution is 0.613. The molecule has 0 bridgehead atoms. The van der Waals surface area contributed by atoms with Gasteiger partial charge < -0.3 is 10.2 Å². The van der Waals surface area contributed by atoms with Crippen LogP contribution in [0.1, 0.15) is 26.5 Å². The number of hydrogen-bond acceptors (Lipinski definition) is 3. The molecular weight excluding hydrogens is 198 g/mol. The quantitative estimate of drug-likeness (QED) is 0.799. The van der Waals surface area contributed by atoms with Gasteiger partial charge >= 0.3 is 0 Å². The third kappa shape index (κ3) is 3.81. The van der Waals surface area contributed by atoms with Gasteiger partial charge in [-0.25, -0.2) is 4.98 Å².